The van der Waals surface area contributed by atoms with Gasteiger partial charge in [-0.25, -0.2) is 4.79 Å². The Morgan fingerprint density at radius 2 is 2.50 bits per heavy atom. The Hall–Kier alpha value is -0.870. The van der Waals surface area contributed by atoms with Crippen molar-refractivity contribution in [2.45, 2.75) is 19.1 Å². The van der Waals surface area contributed by atoms with E-state index in [1.54, 1.807) is 0 Å². The van der Waals surface area contributed by atoms with Crippen LogP contribution in [0, 0.1) is 0 Å². The number of carboxylic acids is 1. The van der Waals surface area contributed by atoms with E-state index in [0.29, 0.717) is 19.4 Å². The maximum atomic E-state index is 10.3. The van der Waals surface area contributed by atoms with Gasteiger partial charge in [0.25, 0.3) is 0 Å². The highest BCUT2D eigenvalue weighted by Gasteiger charge is 2.15. The maximum Gasteiger partial charge on any atom is 0.330 e. The summed E-state index contributed by atoms with van der Waals surface area (Å²) in [5.74, 6) is -0.923. The average Bonchev–Trinajstić information content (AvgIpc) is 2.51. The minimum atomic E-state index is -0.923. The van der Waals surface area contributed by atoms with E-state index >= 15 is 0 Å². The Morgan fingerprint density at radius 1 is 1.75 bits per heavy atom. The van der Waals surface area contributed by atoms with Crippen LogP contribution in [0.25, 0.3) is 0 Å². The Labute approximate surface area is 71.2 Å². The second-order valence-corrected chi connectivity index (χ2v) is 2.76. The van der Waals surface area contributed by atoms with Crippen molar-refractivity contribution in [1.82, 2.24) is 5.32 Å². The minimum absolute atomic E-state index is 0.0149. The third-order valence-corrected chi connectivity index (χ3v) is 1.80. The van der Waals surface area contributed by atoms with Crippen LogP contribution < -0.4 is 5.32 Å². The fourth-order valence-corrected chi connectivity index (χ4v) is 1.08. The van der Waals surface area contributed by atoms with Gasteiger partial charge in [0.15, 0.2) is 0 Å². The normalized spacial score (nSPS) is 22.5. The lowest BCUT2D eigenvalue weighted by atomic mass is 10.1. The first-order valence-corrected chi connectivity index (χ1v) is 3.96. The zero-order valence-electron chi connectivity index (χ0n) is 6.88. The quantitative estimate of drug-likeness (QED) is 0.599. The molecule has 0 bridgehead atoms. The molecule has 12 heavy (non-hydrogen) atoms. The van der Waals surface area contributed by atoms with Gasteiger partial charge in [0, 0.05) is 12.1 Å². The fraction of sp³-hybridized carbons (Fsp3) is 0.625. The molecule has 2 N–H and O–H groups in total. The molecule has 1 rings (SSSR count). The first-order chi connectivity index (χ1) is 5.70. The number of carboxylic acid groups (broad SMARTS) is 1. The second-order valence-electron chi connectivity index (χ2n) is 2.76. The Kier molecular flexibility index (Phi) is 3.25. The van der Waals surface area contributed by atoms with Gasteiger partial charge in [-0.1, -0.05) is 6.58 Å². The molecule has 1 aliphatic rings. The van der Waals surface area contributed by atoms with Crippen LogP contribution >= 0.6 is 0 Å². The van der Waals surface area contributed by atoms with Crippen LogP contribution in [0.4, 0.5) is 0 Å². The summed E-state index contributed by atoms with van der Waals surface area (Å²) in [6.45, 7) is 5.00. The predicted molar refractivity (Wildman–Crippen MR) is 43.8 cm³/mol. The number of ether oxygens (including phenoxy) is 1. The summed E-state index contributed by atoms with van der Waals surface area (Å²) in [7, 11) is 0. The van der Waals surface area contributed by atoms with Gasteiger partial charge in [-0.05, 0) is 12.8 Å². The number of rotatable bonds is 4. The topological polar surface area (TPSA) is 58.6 Å². The summed E-state index contributed by atoms with van der Waals surface area (Å²) in [6.07, 6.45) is 1.18. The lowest BCUT2D eigenvalue weighted by molar-refractivity contribution is -0.132. The van der Waals surface area contributed by atoms with Crippen LogP contribution in [-0.4, -0.2) is 30.5 Å². The van der Waals surface area contributed by atoms with Crippen molar-refractivity contribution in [3.05, 3.63) is 12.2 Å². The molecule has 0 radical (unpaired) electrons. The first-order valence-electron chi connectivity index (χ1n) is 3.96. The molecule has 1 heterocycles. The van der Waals surface area contributed by atoms with Crippen molar-refractivity contribution in [3.8, 4) is 0 Å². The van der Waals surface area contributed by atoms with Crippen LogP contribution in [0.15, 0.2) is 12.2 Å². The molecule has 0 amide bonds. The molecular weight excluding hydrogens is 158 g/mol. The maximum absolute atomic E-state index is 10.3. The molecule has 4 nitrogen and oxygen atoms in total. The highest BCUT2D eigenvalue weighted by atomic mass is 16.5. The van der Waals surface area contributed by atoms with Gasteiger partial charge in [0.1, 0.15) is 6.23 Å². The molecule has 68 valence electrons. The number of hydrogen-bond donors (Lipinski definition) is 2. The van der Waals surface area contributed by atoms with E-state index in [1.165, 1.54) is 0 Å². The number of aliphatic carboxylic acids is 1. The van der Waals surface area contributed by atoms with Gasteiger partial charge in [0.2, 0.25) is 0 Å². The summed E-state index contributed by atoms with van der Waals surface area (Å²) in [6, 6.07) is 0. The van der Waals surface area contributed by atoms with Crippen LogP contribution in [0.5, 0.6) is 0 Å². The van der Waals surface area contributed by atoms with Gasteiger partial charge in [0.05, 0.1) is 6.61 Å². The monoisotopic (exact) mass is 171 g/mol. The van der Waals surface area contributed by atoms with E-state index in [9.17, 15) is 4.79 Å². The summed E-state index contributed by atoms with van der Waals surface area (Å²) >= 11 is 0. The molecule has 4 heteroatoms. The summed E-state index contributed by atoms with van der Waals surface area (Å²) < 4.78 is 5.24. The molecular formula is C8H13NO3. The summed E-state index contributed by atoms with van der Waals surface area (Å²) in [5.41, 5.74) is 0.243. The molecule has 1 unspecified atom stereocenters. The number of nitrogens with one attached hydrogen (secondary N) is 1. The molecule has 1 fully saturated rings. The molecule has 1 saturated heterocycles. The third-order valence-electron chi connectivity index (χ3n) is 1.80. The van der Waals surface area contributed by atoms with Gasteiger partial charge < -0.3 is 9.84 Å². The van der Waals surface area contributed by atoms with Crippen molar-refractivity contribution in [3.63, 3.8) is 0 Å². The first kappa shape index (κ1) is 9.22. The Bertz CT molecular complexity index is 185. The number of carbonyl (C=O) groups is 1. The smallest absolute Gasteiger partial charge is 0.330 e. The van der Waals surface area contributed by atoms with Crippen molar-refractivity contribution in [2.75, 3.05) is 13.2 Å². The molecule has 0 aromatic rings. The summed E-state index contributed by atoms with van der Waals surface area (Å²) in [5, 5.41) is 11.6. The lowest BCUT2D eigenvalue weighted by Gasteiger charge is -2.08. The van der Waals surface area contributed by atoms with Gasteiger partial charge in [-0.15, -0.1) is 0 Å². The van der Waals surface area contributed by atoms with E-state index in [0.717, 1.165) is 6.54 Å². The van der Waals surface area contributed by atoms with Crippen LogP contribution in [0.1, 0.15) is 12.8 Å². The average molecular weight is 171 g/mol. The van der Waals surface area contributed by atoms with Crippen molar-refractivity contribution < 1.29 is 14.6 Å². The lowest BCUT2D eigenvalue weighted by Crippen LogP contribution is -2.22. The molecule has 1 atom stereocenters. The molecule has 0 aliphatic carbocycles. The van der Waals surface area contributed by atoms with Crippen LogP contribution in [0.2, 0.25) is 0 Å². The van der Waals surface area contributed by atoms with E-state index in [-0.39, 0.29) is 11.8 Å². The van der Waals surface area contributed by atoms with Crippen LogP contribution in [0.3, 0.4) is 0 Å². The summed E-state index contributed by atoms with van der Waals surface area (Å²) in [4.78, 5) is 10.3. The van der Waals surface area contributed by atoms with E-state index in [2.05, 4.69) is 11.9 Å². The Morgan fingerprint density at radius 3 is 3.00 bits per heavy atom. The highest BCUT2D eigenvalue weighted by Crippen LogP contribution is 2.08. The molecule has 0 aromatic carbocycles. The fourth-order valence-electron chi connectivity index (χ4n) is 1.08. The zero-order valence-corrected chi connectivity index (χ0v) is 6.88. The van der Waals surface area contributed by atoms with Crippen molar-refractivity contribution in [2.24, 2.45) is 0 Å². The van der Waals surface area contributed by atoms with Gasteiger partial charge in [-0.3, -0.25) is 5.32 Å². The SMILES string of the molecule is C=C(CCC1NCCO1)C(=O)O. The van der Waals surface area contributed by atoms with Gasteiger partial charge >= 0.3 is 5.97 Å². The second kappa shape index (κ2) is 4.23. The molecule has 0 spiro atoms. The minimum Gasteiger partial charge on any atom is -0.478 e. The van der Waals surface area contributed by atoms with Gasteiger partial charge in [-0.2, -0.15) is 0 Å². The molecule has 0 saturated carbocycles. The molecule has 1 aliphatic heterocycles. The van der Waals surface area contributed by atoms with Crippen LogP contribution in [-0.2, 0) is 9.53 Å². The van der Waals surface area contributed by atoms with Crippen molar-refractivity contribution >= 4 is 5.97 Å². The zero-order chi connectivity index (χ0) is 8.97. The standard InChI is InChI=1S/C8H13NO3/c1-6(8(10)11)2-3-7-9-4-5-12-7/h7,9H,1-5H2,(H,10,11). The van der Waals surface area contributed by atoms with Crippen molar-refractivity contribution in [1.29, 1.82) is 0 Å². The largest absolute Gasteiger partial charge is 0.478 e. The molecule has 0 aromatic heterocycles. The van der Waals surface area contributed by atoms with E-state index in [1.807, 2.05) is 0 Å². The Balaban J connectivity index is 2.16. The predicted octanol–water partition coefficient (Wildman–Crippen LogP) is 0.353. The van der Waals surface area contributed by atoms with E-state index < -0.39 is 5.97 Å². The van der Waals surface area contributed by atoms with E-state index in [4.69, 9.17) is 9.84 Å². The highest BCUT2D eigenvalue weighted by molar-refractivity contribution is 5.85. The third kappa shape index (κ3) is 2.64. The number of hydrogen-bond acceptors (Lipinski definition) is 3.